The van der Waals surface area contributed by atoms with E-state index < -0.39 is 0 Å². The molecule has 0 spiro atoms. The van der Waals surface area contributed by atoms with Crippen molar-refractivity contribution in [3.05, 3.63) is 35.4 Å². The average molecular weight is 325 g/mol. The number of amides is 1. The number of hydrogen-bond donors (Lipinski definition) is 2. The first-order chi connectivity index (χ1) is 9.95. The maximum absolute atomic E-state index is 12.0. The number of carbonyl (C=O) groups is 1. The summed E-state index contributed by atoms with van der Waals surface area (Å²) in [5.41, 5.74) is 2.76. The van der Waals surface area contributed by atoms with Crippen LogP contribution in [0.15, 0.2) is 24.3 Å². The fraction of sp³-hybridized carbons (Fsp3) is 0.611. The molecule has 1 fully saturated rings. The molecule has 0 saturated carbocycles. The minimum Gasteiger partial charge on any atom is -0.352 e. The molecular formula is C18H29ClN2O. The fourth-order valence-corrected chi connectivity index (χ4v) is 2.70. The molecule has 0 bridgehead atoms. The molecule has 1 aliphatic heterocycles. The highest BCUT2D eigenvalue weighted by Gasteiger charge is 2.15. The van der Waals surface area contributed by atoms with Gasteiger partial charge in [0.25, 0.3) is 0 Å². The Hall–Kier alpha value is -1.06. The molecule has 124 valence electrons. The molecule has 1 aromatic carbocycles. The second-order valence-electron chi connectivity index (χ2n) is 7.06. The van der Waals surface area contributed by atoms with Crippen molar-refractivity contribution >= 4 is 18.3 Å². The van der Waals surface area contributed by atoms with Gasteiger partial charge in [-0.1, -0.05) is 45.0 Å². The van der Waals surface area contributed by atoms with Crippen LogP contribution >= 0.6 is 12.4 Å². The molecule has 0 unspecified atom stereocenters. The van der Waals surface area contributed by atoms with E-state index in [-0.39, 0.29) is 23.7 Å². The van der Waals surface area contributed by atoms with Crippen LogP contribution in [0.1, 0.15) is 51.2 Å². The molecule has 1 amide bonds. The molecule has 22 heavy (non-hydrogen) atoms. The lowest BCUT2D eigenvalue weighted by Gasteiger charge is -2.23. The number of carbonyl (C=O) groups excluding carboxylic acids is 1. The van der Waals surface area contributed by atoms with Crippen LogP contribution in [0.3, 0.4) is 0 Å². The Balaban J connectivity index is 0.00000242. The largest absolute Gasteiger partial charge is 0.352 e. The van der Waals surface area contributed by atoms with Gasteiger partial charge >= 0.3 is 0 Å². The SMILES string of the molecule is CC(C)(C)c1ccc(CCC(=O)N[C@H]2CCCNC2)cc1.Cl. The molecule has 1 aromatic rings. The van der Waals surface area contributed by atoms with Crippen LogP contribution < -0.4 is 10.6 Å². The summed E-state index contributed by atoms with van der Waals surface area (Å²) >= 11 is 0. The Bertz CT molecular complexity index is 459. The number of rotatable bonds is 4. The van der Waals surface area contributed by atoms with E-state index in [0.717, 1.165) is 32.4 Å². The van der Waals surface area contributed by atoms with Gasteiger partial charge in [0.15, 0.2) is 0 Å². The van der Waals surface area contributed by atoms with E-state index in [1.54, 1.807) is 0 Å². The highest BCUT2D eigenvalue weighted by Crippen LogP contribution is 2.22. The maximum atomic E-state index is 12.0. The van der Waals surface area contributed by atoms with E-state index in [0.29, 0.717) is 12.5 Å². The lowest BCUT2D eigenvalue weighted by molar-refractivity contribution is -0.121. The van der Waals surface area contributed by atoms with Crippen LogP contribution in [0.25, 0.3) is 0 Å². The van der Waals surface area contributed by atoms with Gasteiger partial charge in [0.2, 0.25) is 5.91 Å². The number of aryl methyl sites for hydroxylation is 1. The minimum atomic E-state index is 0. The van der Waals surface area contributed by atoms with Crippen molar-refractivity contribution in [1.29, 1.82) is 0 Å². The van der Waals surface area contributed by atoms with Crippen LogP contribution in [-0.4, -0.2) is 25.0 Å². The molecule has 2 rings (SSSR count). The van der Waals surface area contributed by atoms with Gasteiger partial charge in [-0.25, -0.2) is 0 Å². The molecule has 0 radical (unpaired) electrons. The highest BCUT2D eigenvalue weighted by molar-refractivity contribution is 5.85. The van der Waals surface area contributed by atoms with E-state index in [1.165, 1.54) is 11.1 Å². The van der Waals surface area contributed by atoms with Crippen molar-refractivity contribution in [3.63, 3.8) is 0 Å². The fourth-order valence-electron chi connectivity index (χ4n) is 2.70. The molecule has 4 heteroatoms. The maximum Gasteiger partial charge on any atom is 0.220 e. The van der Waals surface area contributed by atoms with Crippen LogP contribution in [0, 0.1) is 0 Å². The lowest BCUT2D eigenvalue weighted by Crippen LogP contribution is -2.45. The first-order valence-corrected chi connectivity index (χ1v) is 8.04. The third-order valence-corrected chi connectivity index (χ3v) is 4.12. The summed E-state index contributed by atoms with van der Waals surface area (Å²) in [5.74, 6) is 0.170. The Labute approximate surface area is 140 Å². The molecule has 3 nitrogen and oxygen atoms in total. The van der Waals surface area contributed by atoms with Gasteiger partial charge in [-0.15, -0.1) is 12.4 Å². The third-order valence-electron chi connectivity index (χ3n) is 4.12. The second kappa shape index (κ2) is 8.54. The smallest absolute Gasteiger partial charge is 0.220 e. The van der Waals surface area contributed by atoms with Crippen molar-refractivity contribution in [2.75, 3.05) is 13.1 Å². The summed E-state index contributed by atoms with van der Waals surface area (Å²) < 4.78 is 0. The normalized spacial score (nSPS) is 18.4. The Kier molecular flexibility index (Phi) is 7.37. The molecule has 2 N–H and O–H groups in total. The summed E-state index contributed by atoms with van der Waals surface area (Å²) in [5, 5.41) is 6.44. The van der Waals surface area contributed by atoms with E-state index in [9.17, 15) is 4.79 Å². The van der Waals surface area contributed by atoms with Crippen molar-refractivity contribution in [2.45, 2.75) is 57.9 Å². The summed E-state index contributed by atoms with van der Waals surface area (Å²) in [7, 11) is 0. The second-order valence-corrected chi connectivity index (χ2v) is 7.06. The van der Waals surface area contributed by atoms with E-state index in [1.807, 2.05) is 0 Å². The molecule has 1 saturated heterocycles. The summed E-state index contributed by atoms with van der Waals surface area (Å²) in [6, 6.07) is 8.97. The standard InChI is InChI=1S/C18H28N2O.ClH/c1-18(2,3)15-9-6-14(7-10-15)8-11-17(21)20-16-5-4-12-19-13-16;/h6-7,9-10,16,19H,4-5,8,11-13H2,1-3H3,(H,20,21);1H/t16-;/m0./s1. The number of halogens is 1. The van der Waals surface area contributed by atoms with Gasteiger partial charge < -0.3 is 10.6 Å². The predicted octanol–water partition coefficient (Wildman–Crippen LogP) is 3.21. The minimum absolute atomic E-state index is 0. The van der Waals surface area contributed by atoms with Crippen molar-refractivity contribution in [1.82, 2.24) is 10.6 Å². The van der Waals surface area contributed by atoms with E-state index in [4.69, 9.17) is 0 Å². The van der Waals surface area contributed by atoms with Gasteiger partial charge in [0.1, 0.15) is 0 Å². The molecule has 0 aromatic heterocycles. The lowest BCUT2D eigenvalue weighted by atomic mass is 9.86. The number of piperidine rings is 1. The summed E-state index contributed by atoms with van der Waals surface area (Å²) in [4.78, 5) is 12.0. The van der Waals surface area contributed by atoms with Crippen LogP contribution in [0.5, 0.6) is 0 Å². The van der Waals surface area contributed by atoms with Crippen molar-refractivity contribution < 1.29 is 4.79 Å². The average Bonchev–Trinajstić information content (AvgIpc) is 2.46. The topological polar surface area (TPSA) is 41.1 Å². The number of hydrogen-bond acceptors (Lipinski definition) is 2. The Morgan fingerprint density at radius 2 is 1.95 bits per heavy atom. The predicted molar refractivity (Wildman–Crippen MR) is 94.7 cm³/mol. The molecule has 1 aliphatic rings. The van der Waals surface area contributed by atoms with Crippen molar-refractivity contribution in [3.8, 4) is 0 Å². The number of benzene rings is 1. The Morgan fingerprint density at radius 1 is 1.27 bits per heavy atom. The van der Waals surface area contributed by atoms with Crippen LogP contribution in [0.4, 0.5) is 0 Å². The van der Waals surface area contributed by atoms with Crippen LogP contribution in [-0.2, 0) is 16.6 Å². The van der Waals surface area contributed by atoms with Gasteiger partial charge in [-0.3, -0.25) is 4.79 Å². The van der Waals surface area contributed by atoms with Gasteiger partial charge in [0, 0.05) is 19.0 Å². The first-order valence-electron chi connectivity index (χ1n) is 8.04. The molecule has 0 aliphatic carbocycles. The zero-order valence-electron chi connectivity index (χ0n) is 13.9. The Morgan fingerprint density at radius 3 is 2.50 bits per heavy atom. The zero-order chi connectivity index (χ0) is 15.3. The number of nitrogens with one attached hydrogen (secondary N) is 2. The van der Waals surface area contributed by atoms with Gasteiger partial charge in [0.05, 0.1) is 0 Å². The van der Waals surface area contributed by atoms with Gasteiger partial charge in [-0.2, -0.15) is 0 Å². The van der Waals surface area contributed by atoms with E-state index in [2.05, 4.69) is 55.7 Å². The van der Waals surface area contributed by atoms with E-state index >= 15 is 0 Å². The molecular weight excluding hydrogens is 296 g/mol. The summed E-state index contributed by atoms with van der Waals surface area (Å²) in [6.07, 6.45) is 3.64. The highest BCUT2D eigenvalue weighted by atomic mass is 35.5. The quantitative estimate of drug-likeness (QED) is 0.893. The molecule has 1 heterocycles. The first kappa shape index (κ1) is 19.0. The monoisotopic (exact) mass is 324 g/mol. The summed E-state index contributed by atoms with van der Waals surface area (Å²) in [6.45, 7) is 8.63. The van der Waals surface area contributed by atoms with Gasteiger partial charge in [-0.05, 0) is 42.3 Å². The third kappa shape index (κ3) is 5.98. The zero-order valence-corrected chi connectivity index (χ0v) is 14.8. The molecule has 1 atom stereocenters. The van der Waals surface area contributed by atoms with Crippen molar-refractivity contribution in [2.24, 2.45) is 0 Å². The van der Waals surface area contributed by atoms with Crippen LogP contribution in [0.2, 0.25) is 0 Å².